The summed E-state index contributed by atoms with van der Waals surface area (Å²) in [5.41, 5.74) is 10.7. The van der Waals surface area contributed by atoms with Crippen molar-refractivity contribution in [2.75, 3.05) is 6.61 Å². The Balaban J connectivity index is 1.44. The van der Waals surface area contributed by atoms with Gasteiger partial charge in [-0.1, -0.05) is 11.6 Å². The number of fused-ring (bicyclic) bond motifs is 1. The molecule has 7 heteroatoms. The van der Waals surface area contributed by atoms with Gasteiger partial charge in [0.05, 0.1) is 17.7 Å². The van der Waals surface area contributed by atoms with E-state index >= 15 is 0 Å². The first-order valence-corrected chi connectivity index (χ1v) is 11.2. The van der Waals surface area contributed by atoms with Crippen LogP contribution in [0.1, 0.15) is 54.4 Å². The summed E-state index contributed by atoms with van der Waals surface area (Å²) in [7, 11) is 0. The Morgan fingerprint density at radius 3 is 2.77 bits per heavy atom. The van der Waals surface area contributed by atoms with Crippen LogP contribution in [0.4, 0.5) is 0 Å². The summed E-state index contributed by atoms with van der Waals surface area (Å²) in [5, 5.41) is 3.15. The third-order valence-electron chi connectivity index (χ3n) is 6.38. The molecule has 2 aliphatic carbocycles. The van der Waals surface area contributed by atoms with Crippen molar-refractivity contribution in [2.24, 2.45) is 11.7 Å². The zero-order valence-electron chi connectivity index (χ0n) is 17.9. The third kappa shape index (κ3) is 4.28. The quantitative estimate of drug-likeness (QED) is 0.565. The van der Waals surface area contributed by atoms with Gasteiger partial charge in [-0.3, -0.25) is 4.79 Å². The van der Waals surface area contributed by atoms with Crippen LogP contribution in [0.5, 0.6) is 5.75 Å². The van der Waals surface area contributed by atoms with Gasteiger partial charge < -0.3 is 20.8 Å². The number of nitrogens with two attached hydrogens (primary N) is 1. The van der Waals surface area contributed by atoms with E-state index in [1.165, 1.54) is 19.2 Å². The van der Waals surface area contributed by atoms with Gasteiger partial charge in [0.2, 0.25) is 0 Å². The molecule has 0 aliphatic heterocycles. The van der Waals surface area contributed by atoms with Gasteiger partial charge in [0, 0.05) is 23.8 Å². The van der Waals surface area contributed by atoms with Gasteiger partial charge in [0.1, 0.15) is 23.3 Å². The minimum Gasteiger partial charge on any atom is -0.493 e. The molecule has 0 radical (unpaired) electrons. The number of amides is 1. The van der Waals surface area contributed by atoms with Crippen molar-refractivity contribution >= 4 is 16.9 Å². The number of hydrogen-bond acceptors (Lipinski definition) is 5. The fourth-order valence-electron chi connectivity index (χ4n) is 4.29. The lowest BCUT2D eigenvalue weighted by Gasteiger charge is -2.26. The Hall–Kier alpha value is -2.93. The summed E-state index contributed by atoms with van der Waals surface area (Å²) in [5.74, 6) is 1.37. The molecule has 2 aromatic heterocycles. The summed E-state index contributed by atoms with van der Waals surface area (Å²) >= 11 is 0. The molecule has 4 N–H and O–H groups in total. The monoisotopic (exact) mass is 419 g/mol. The first-order chi connectivity index (χ1) is 15.1. The van der Waals surface area contributed by atoms with Crippen LogP contribution in [0.15, 0.2) is 30.7 Å². The maximum Gasteiger partial charge on any atom is 0.255 e. The Morgan fingerprint density at radius 1 is 1.19 bits per heavy atom. The molecule has 1 aromatic carbocycles. The molecule has 0 unspecified atom stereocenters. The van der Waals surface area contributed by atoms with Gasteiger partial charge >= 0.3 is 0 Å². The highest BCUT2D eigenvalue weighted by molar-refractivity contribution is 6.07. The lowest BCUT2D eigenvalue weighted by Crippen LogP contribution is -2.40. The summed E-state index contributed by atoms with van der Waals surface area (Å²) in [6.07, 6.45) is 9.45. The lowest BCUT2D eigenvalue weighted by atomic mass is 9.91. The van der Waals surface area contributed by atoms with Crippen LogP contribution in [0, 0.1) is 12.8 Å². The van der Waals surface area contributed by atoms with Gasteiger partial charge in [-0.05, 0) is 63.5 Å². The van der Waals surface area contributed by atoms with Crippen LogP contribution in [0.2, 0.25) is 0 Å². The molecule has 5 rings (SSSR count). The smallest absolute Gasteiger partial charge is 0.255 e. The van der Waals surface area contributed by atoms with Crippen molar-refractivity contribution in [1.82, 2.24) is 20.3 Å². The second kappa shape index (κ2) is 8.30. The Kier molecular flexibility index (Phi) is 5.36. The van der Waals surface area contributed by atoms with Crippen LogP contribution < -0.4 is 15.8 Å². The van der Waals surface area contributed by atoms with Crippen molar-refractivity contribution < 1.29 is 9.53 Å². The molecular weight excluding hydrogens is 390 g/mol. The van der Waals surface area contributed by atoms with Crippen molar-refractivity contribution in [3.63, 3.8) is 0 Å². The molecule has 162 valence electrons. The Bertz CT molecular complexity index is 1100. The van der Waals surface area contributed by atoms with E-state index in [2.05, 4.69) is 33.3 Å². The summed E-state index contributed by atoms with van der Waals surface area (Å²) in [6, 6.07) is 6.55. The van der Waals surface area contributed by atoms with E-state index in [1.54, 1.807) is 6.20 Å². The van der Waals surface area contributed by atoms with Crippen molar-refractivity contribution in [3.8, 4) is 17.0 Å². The Labute approximate surface area is 181 Å². The average Bonchev–Trinajstić information content (AvgIpc) is 3.50. The van der Waals surface area contributed by atoms with Crippen LogP contribution in [-0.2, 0) is 0 Å². The number of rotatable bonds is 6. The number of aryl methyl sites for hydroxylation is 1. The zero-order chi connectivity index (χ0) is 21.4. The number of nitrogens with one attached hydrogen (secondary N) is 2. The fourth-order valence-corrected chi connectivity index (χ4v) is 4.29. The first kappa shape index (κ1) is 20.0. The molecule has 0 atom stereocenters. The van der Waals surface area contributed by atoms with Gasteiger partial charge in [-0.15, -0.1) is 0 Å². The van der Waals surface area contributed by atoms with Crippen molar-refractivity contribution in [1.29, 1.82) is 0 Å². The second-order valence-electron chi connectivity index (χ2n) is 8.99. The molecule has 2 saturated carbocycles. The number of nitrogens with zero attached hydrogens (tertiary/aromatic N) is 2. The van der Waals surface area contributed by atoms with Gasteiger partial charge in [-0.2, -0.15) is 0 Å². The first-order valence-electron chi connectivity index (χ1n) is 11.2. The van der Waals surface area contributed by atoms with E-state index in [1.807, 2.05) is 12.1 Å². The third-order valence-corrected chi connectivity index (χ3v) is 6.38. The molecule has 0 saturated heterocycles. The van der Waals surface area contributed by atoms with Crippen LogP contribution >= 0.6 is 0 Å². The van der Waals surface area contributed by atoms with Gasteiger partial charge in [0.15, 0.2) is 0 Å². The number of hydrogen-bond donors (Lipinski definition) is 3. The lowest BCUT2D eigenvalue weighted by molar-refractivity contribution is 0.0927. The van der Waals surface area contributed by atoms with Crippen LogP contribution in [0.25, 0.3) is 22.3 Å². The maximum atomic E-state index is 13.0. The average molecular weight is 420 g/mol. The fraction of sp³-hybridized carbons (Fsp3) is 0.458. The number of aromatic nitrogens is 3. The van der Waals surface area contributed by atoms with E-state index in [-0.39, 0.29) is 18.0 Å². The van der Waals surface area contributed by atoms with Crippen molar-refractivity contribution in [2.45, 2.75) is 57.5 Å². The molecule has 2 heterocycles. The van der Waals surface area contributed by atoms with E-state index in [0.717, 1.165) is 60.4 Å². The predicted molar refractivity (Wildman–Crippen MR) is 120 cm³/mol. The van der Waals surface area contributed by atoms with E-state index in [0.29, 0.717) is 17.0 Å². The number of benzene rings is 1. The van der Waals surface area contributed by atoms with Crippen molar-refractivity contribution in [3.05, 3.63) is 41.9 Å². The number of aromatic amines is 1. The normalized spacial score (nSPS) is 21.2. The summed E-state index contributed by atoms with van der Waals surface area (Å²) in [4.78, 5) is 25.2. The Morgan fingerprint density at radius 2 is 2.00 bits per heavy atom. The molecule has 2 aliphatic rings. The van der Waals surface area contributed by atoms with E-state index < -0.39 is 0 Å². The predicted octanol–water partition coefficient (Wildman–Crippen LogP) is 3.72. The van der Waals surface area contributed by atoms with Gasteiger partial charge in [0.25, 0.3) is 5.91 Å². The molecule has 7 nitrogen and oxygen atoms in total. The highest BCUT2D eigenvalue weighted by Gasteiger charge is 2.25. The second-order valence-corrected chi connectivity index (χ2v) is 8.99. The molecule has 1 amide bonds. The molecule has 0 bridgehead atoms. The van der Waals surface area contributed by atoms with E-state index in [9.17, 15) is 4.79 Å². The molecule has 2 fully saturated rings. The topological polar surface area (TPSA) is 106 Å². The minimum atomic E-state index is -0.106. The molecule has 3 aromatic rings. The largest absolute Gasteiger partial charge is 0.493 e. The minimum absolute atomic E-state index is 0.106. The molecular formula is C24H29N5O2. The highest BCUT2D eigenvalue weighted by Crippen LogP contribution is 2.36. The molecule has 31 heavy (non-hydrogen) atoms. The number of H-pyrrole nitrogens is 1. The van der Waals surface area contributed by atoms with Crippen LogP contribution in [-0.4, -0.2) is 39.5 Å². The van der Waals surface area contributed by atoms with Crippen LogP contribution in [0.3, 0.4) is 0 Å². The summed E-state index contributed by atoms with van der Waals surface area (Å²) in [6.45, 7) is 2.78. The number of carbonyl (C=O) groups is 1. The molecule has 0 spiro atoms. The number of ether oxygens (including phenoxy) is 1. The van der Waals surface area contributed by atoms with Gasteiger partial charge in [-0.25, -0.2) is 9.97 Å². The standard InChI is InChI=1S/C24H29N5O2/c1-14-2-9-20(31-12-15-3-4-15)18(10-14)21-23-22(28-13-27-21)19(11-26-23)24(30)29-17-7-5-16(25)6-8-17/h2,9-11,13,15-17,26H,3-8,12,25H2,1H3,(H,29,30)/t16-,17-. The number of carbonyl (C=O) groups excluding carboxylic acids is 1. The SMILES string of the molecule is Cc1ccc(OCC2CC2)c(-c2ncnc3c(C(=O)N[C@H]4CC[C@H](N)CC4)c[nH]c23)c1. The highest BCUT2D eigenvalue weighted by atomic mass is 16.5. The van der Waals surface area contributed by atoms with E-state index in [4.69, 9.17) is 10.5 Å². The summed E-state index contributed by atoms with van der Waals surface area (Å²) < 4.78 is 6.12. The zero-order valence-corrected chi connectivity index (χ0v) is 17.9. The maximum absolute atomic E-state index is 13.0.